The molecule has 0 aliphatic carbocycles. The van der Waals surface area contributed by atoms with E-state index in [9.17, 15) is 14.4 Å². The number of benzene rings is 2. The summed E-state index contributed by atoms with van der Waals surface area (Å²) in [5.41, 5.74) is 2.31. The van der Waals surface area contributed by atoms with Crippen LogP contribution in [0.15, 0.2) is 85.2 Å². The average Bonchev–Trinajstić information content (AvgIpc) is 3.59. The molecule has 4 atom stereocenters. The highest BCUT2D eigenvalue weighted by Gasteiger charge is 2.46. The van der Waals surface area contributed by atoms with Gasteiger partial charge in [0.2, 0.25) is 5.91 Å². The Morgan fingerprint density at radius 2 is 1.20 bits per heavy atom. The van der Waals surface area contributed by atoms with Crippen LogP contribution in [0.2, 0.25) is 0 Å². The third-order valence-corrected chi connectivity index (χ3v) is 9.63. The number of anilines is 1. The van der Waals surface area contributed by atoms with Crippen LogP contribution in [0, 0.1) is 0 Å². The van der Waals surface area contributed by atoms with E-state index in [1.54, 1.807) is 12.4 Å². The van der Waals surface area contributed by atoms with Crippen molar-refractivity contribution in [1.82, 2.24) is 10.3 Å². The Labute approximate surface area is 299 Å². The standard InChI is InChI=1S/C42H57N3O5/c1-3-5-7-9-11-19-31-49-41(47)38(33-21-15-13-16-22-33)36-25-26-37(45(36)35-27-29-43-30-28-35)40(46)44-39(34-23-17-14-18-24-34)42(48)50-32-20-12-10-8-6-4-2/h13-18,21-24,27-30,36-39H,3-12,19-20,25-26,31-32H2,1-2H3,(H,44,46)/t36-,37-,38-,39-/m0/s1. The smallest absolute Gasteiger partial charge is 0.333 e. The van der Waals surface area contributed by atoms with E-state index < -0.39 is 24.0 Å². The van der Waals surface area contributed by atoms with Crippen LogP contribution in [-0.2, 0) is 23.9 Å². The molecule has 1 amide bonds. The maximum absolute atomic E-state index is 14.3. The average molecular weight is 684 g/mol. The van der Waals surface area contributed by atoms with Gasteiger partial charge >= 0.3 is 11.9 Å². The zero-order chi connectivity index (χ0) is 35.4. The van der Waals surface area contributed by atoms with E-state index in [1.165, 1.54) is 38.5 Å². The van der Waals surface area contributed by atoms with E-state index in [2.05, 4.69) is 24.1 Å². The van der Waals surface area contributed by atoms with E-state index in [0.29, 0.717) is 31.6 Å². The van der Waals surface area contributed by atoms with Gasteiger partial charge in [0.15, 0.2) is 6.04 Å². The molecule has 4 rings (SSSR count). The molecule has 270 valence electrons. The first-order valence-electron chi connectivity index (χ1n) is 19.0. The Morgan fingerprint density at radius 1 is 0.680 bits per heavy atom. The molecule has 50 heavy (non-hydrogen) atoms. The highest BCUT2D eigenvalue weighted by molar-refractivity contribution is 5.91. The highest BCUT2D eigenvalue weighted by Crippen LogP contribution is 2.39. The molecular formula is C42H57N3O5. The van der Waals surface area contributed by atoms with E-state index in [4.69, 9.17) is 9.47 Å². The van der Waals surface area contributed by atoms with Crippen LogP contribution in [-0.4, -0.2) is 48.1 Å². The Morgan fingerprint density at radius 3 is 1.78 bits per heavy atom. The zero-order valence-corrected chi connectivity index (χ0v) is 30.1. The minimum atomic E-state index is -0.950. The summed E-state index contributed by atoms with van der Waals surface area (Å²) in [6.07, 6.45) is 17.6. The molecule has 8 heteroatoms. The van der Waals surface area contributed by atoms with Gasteiger partial charge in [-0.05, 0) is 48.9 Å². The lowest BCUT2D eigenvalue weighted by Crippen LogP contribution is -2.50. The zero-order valence-electron chi connectivity index (χ0n) is 30.1. The van der Waals surface area contributed by atoms with E-state index in [1.807, 2.05) is 77.7 Å². The molecule has 2 heterocycles. The second-order valence-corrected chi connectivity index (χ2v) is 13.4. The molecule has 2 aromatic carbocycles. The number of pyridine rings is 1. The quantitative estimate of drug-likeness (QED) is 0.0835. The van der Waals surface area contributed by atoms with Crippen molar-refractivity contribution in [2.45, 2.75) is 128 Å². The van der Waals surface area contributed by atoms with Crippen molar-refractivity contribution in [1.29, 1.82) is 0 Å². The van der Waals surface area contributed by atoms with Crippen LogP contribution in [0.25, 0.3) is 0 Å². The molecule has 0 saturated carbocycles. The number of unbranched alkanes of at least 4 members (excludes halogenated alkanes) is 10. The van der Waals surface area contributed by atoms with Crippen molar-refractivity contribution in [2.24, 2.45) is 0 Å². The predicted octanol–water partition coefficient (Wildman–Crippen LogP) is 8.87. The molecule has 1 aliphatic heterocycles. The molecule has 8 nitrogen and oxygen atoms in total. The van der Waals surface area contributed by atoms with Crippen molar-refractivity contribution >= 4 is 23.5 Å². The van der Waals surface area contributed by atoms with Crippen LogP contribution in [0.3, 0.4) is 0 Å². The number of hydrogen-bond donors (Lipinski definition) is 1. The van der Waals surface area contributed by atoms with E-state index in [-0.39, 0.29) is 17.9 Å². The Bertz CT molecular complexity index is 1400. The first-order valence-corrected chi connectivity index (χ1v) is 19.0. The number of aromatic nitrogens is 1. The van der Waals surface area contributed by atoms with Crippen molar-refractivity contribution in [2.75, 3.05) is 18.1 Å². The van der Waals surface area contributed by atoms with Gasteiger partial charge in [-0.3, -0.25) is 14.6 Å². The Kier molecular flexibility index (Phi) is 16.8. The fourth-order valence-electron chi connectivity index (χ4n) is 6.93. The maximum atomic E-state index is 14.3. The van der Waals surface area contributed by atoms with Gasteiger partial charge < -0.3 is 19.7 Å². The topological polar surface area (TPSA) is 97.8 Å². The summed E-state index contributed by atoms with van der Waals surface area (Å²) in [5, 5.41) is 3.05. The van der Waals surface area contributed by atoms with Crippen molar-refractivity contribution in [3.05, 3.63) is 96.3 Å². The molecule has 1 aromatic heterocycles. The summed E-state index contributed by atoms with van der Waals surface area (Å²) in [6, 6.07) is 20.8. The Balaban J connectivity index is 1.52. The fourth-order valence-corrected chi connectivity index (χ4v) is 6.93. The van der Waals surface area contributed by atoms with Crippen molar-refractivity contribution < 1.29 is 23.9 Å². The van der Waals surface area contributed by atoms with Gasteiger partial charge in [0.25, 0.3) is 0 Å². The van der Waals surface area contributed by atoms with E-state index in [0.717, 1.165) is 49.8 Å². The van der Waals surface area contributed by atoms with Gasteiger partial charge in [-0.25, -0.2) is 4.79 Å². The summed E-state index contributed by atoms with van der Waals surface area (Å²) in [6.45, 7) is 5.08. The highest BCUT2D eigenvalue weighted by atomic mass is 16.5. The van der Waals surface area contributed by atoms with Crippen LogP contribution in [0.1, 0.15) is 127 Å². The molecule has 1 aliphatic rings. The first kappa shape index (κ1) is 38.6. The van der Waals surface area contributed by atoms with Gasteiger partial charge in [0.05, 0.1) is 13.2 Å². The number of amides is 1. The van der Waals surface area contributed by atoms with Gasteiger partial charge in [-0.1, -0.05) is 139 Å². The van der Waals surface area contributed by atoms with Gasteiger partial charge in [-0.15, -0.1) is 0 Å². The number of esters is 2. The minimum absolute atomic E-state index is 0.282. The third kappa shape index (κ3) is 11.7. The summed E-state index contributed by atoms with van der Waals surface area (Å²) in [5.74, 6) is -1.64. The first-order chi connectivity index (χ1) is 24.5. The van der Waals surface area contributed by atoms with Gasteiger partial charge in [-0.2, -0.15) is 0 Å². The van der Waals surface area contributed by atoms with Gasteiger partial charge in [0, 0.05) is 24.1 Å². The summed E-state index contributed by atoms with van der Waals surface area (Å²) in [4.78, 5) is 48.0. The largest absolute Gasteiger partial charge is 0.465 e. The second kappa shape index (κ2) is 21.8. The van der Waals surface area contributed by atoms with Crippen molar-refractivity contribution in [3.63, 3.8) is 0 Å². The van der Waals surface area contributed by atoms with E-state index >= 15 is 0 Å². The lowest BCUT2D eigenvalue weighted by Gasteiger charge is -2.36. The monoisotopic (exact) mass is 683 g/mol. The SMILES string of the molecule is CCCCCCCCOC(=O)[C@@H](NC(=O)[C@@H]1CC[C@@H]([C@@H](C(=O)OCCCCCCCC)c2ccccc2)N1c1ccncc1)c1ccccc1. The molecule has 0 radical (unpaired) electrons. The molecule has 1 N–H and O–H groups in total. The molecule has 1 saturated heterocycles. The number of ether oxygens (including phenoxy) is 2. The van der Waals surface area contributed by atoms with Gasteiger partial charge in [0.1, 0.15) is 12.0 Å². The number of nitrogens with one attached hydrogen (secondary N) is 1. The van der Waals surface area contributed by atoms with Crippen LogP contribution >= 0.6 is 0 Å². The number of rotatable bonds is 22. The molecule has 3 aromatic rings. The summed E-state index contributed by atoms with van der Waals surface area (Å²) < 4.78 is 11.7. The Hall–Kier alpha value is -4.20. The molecular weight excluding hydrogens is 626 g/mol. The van der Waals surface area contributed by atoms with Crippen LogP contribution in [0.5, 0.6) is 0 Å². The van der Waals surface area contributed by atoms with Crippen LogP contribution in [0.4, 0.5) is 5.69 Å². The maximum Gasteiger partial charge on any atom is 0.333 e. The fraction of sp³-hybridized carbons (Fsp3) is 0.524. The molecule has 0 unspecified atom stereocenters. The number of carbonyl (C=O) groups is 3. The summed E-state index contributed by atoms with van der Waals surface area (Å²) >= 11 is 0. The third-order valence-electron chi connectivity index (χ3n) is 9.63. The van der Waals surface area contributed by atoms with Crippen molar-refractivity contribution in [3.8, 4) is 0 Å². The van der Waals surface area contributed by atoms with Crippen LogP contribution < -0.4 is 10.2 Å². The number of hydrogen-bond acceptors (Lipinski definition) is 7. The summed E-state index contributed by atoms with van der Waals surface area (Å²) in [7, 11) is 0. The molecule has 1 fully saturated rings. The minimum Gasteiger partial charge on any atom is -0.465 e. The predicted molar refractivity (Wildman–Crippen MR) is 199 cm³/mol. The lowest BCUT2D eigenvalue weighted by molar-refractivity contribution is -0.148. The normalized spacial score (nSPS) is 16.8. The molecule has 0 bridgehead atoms. The lowest BCUT2D eigenvalue weighted by atomic mass is 9.89. The molecule has 0 spiro atoms. The number of carbonyl (C=O) groups excluding carboxylic acids is 3. The number of nitrogens with zero attached hydrogens (tertiary/aromatic N) is 2. The second-order valence-electron chi connectivity index (χ2n) is 13.4.